The number of benzene rings is 1. The van der Waals surface area contributed by atoms with Gasteiger partial charge in [-0.05, 0) is 69.5 Å². The van der Waals surface area contributed by atoms with Gasteiger partial charge in [-0.3, -0.25) is 9.52 Å². The number of hydrogen-bond acceptors (Lipinski definition) is 6. The maximum Gasteiger partial charge on any atom is 0.270 e. The van der Waals surface area contributed by atoms with Crippen LogP contribution in [0.2, 0.25) is 0 Å². The number of pyridine rings is 1. The average Bonchev–Trinajstić information content (AvgIpc) is 3.22. The summed E-state index contributed by atoms with van der Waals surface area (Å²) in [6, 6.07) is 11.3. The van der Waals surface area contributed by atoms with Gasteiger partial charge < -0.3 is 20.5 Å². The van der Waals surface area contributed by atoms with Gasteiger partial charge >= 0.3 is 0 Å². The standard InChI is InChI=1S/C15H19N3O3S.C9H15N3/c1-22(20,21)17-12-5-6-13-11(9-12)10-14(16-13)15(19)18-7-3-2-4-8-18;1-7(2)12-8-5-4-6-11-9(8)10-3/h5-6,9-10,16-17H,2-4,7-8H2,1H3;4-7,12H,1-3H3,(H,10,11). The second-order valence-electron chi connectivity index (χ2n) is 8.66. The third-order valence-electron chi connectivity index (χ3n) is 5.29. The molecule has 1 aromatic carbocycles. The SMILES string of the molecule is CNc1ncccc1NC(C)C.CS(=O)(=O)Nc1ccc2[nH]c(C(=O)N3CCCCC3)cc2c1. The number of carbonyl (C=O) groups is 1. The molecule has 0 saturated carbocycles. The van der Waals surface area contributed by atoms with Gasteiger partial charge in [0.2, 0.25) is 10.0 Å². The molecule has 0 unspecified atom stereocenters. The molecule has 1 amide bonds. The third-order valence-corrected chi connectivity index (χ3v) is 5.89. The fourth-order valence-electron chi connectivity index (χ4n) is 3.82. The van der Waals surface area contributed by atoms with Crippen molar-refractivity contribution >= 4 is 44.0 Å². The Hall–Kier alpha value is -3.27. The van der Waals surface area contributed by atoms with Gasteiger partial charge in [0.15, 0.2) is 0 Å². The van der Waals surface area contributed by atoms with Gasteiger partial charge in [0.25, 0.3) is 5.91 Å². The first-order valence-corrected chi connectivity index (χ1v) is 13.3. The molecule has 1 aliphatic rings. The van der Waals surface area contributed by atoms with E-state index in [1.165, 1.54) is 6.42 Å². The molecular weight excluding hydrogens is 452 g/mol. The topological polar surface area (TPSA) is 119 Å². The fraction of sp³-hybridized carbons (Fsp3) is 0.417. The van der Waals surface area contributed by atoms with Crippen molar-refractivity contribution in [3.05, 3.63) is 48.3 Å². The molecule has 0 radical (unpaired) electrons. The molecule has 1 saturated heterocycles. The van der Waals surface area contributed by atoms with Crippen LogP contribution < -0.4 is 15.4 Å². The number of hydrogen-bond donors (Lipinski definition) is 4. The first-order chi connectivity index (χ1) is 16.2. The molecule has 0 aliphatic carbocycles. The number of H-pyrrole nitrogens is 1. The van der Waals surface area contributed by atoms with E-state index in [-0.39, 0.29) is 5.91 Å². The molecular formula is C24H34N6O3S. The molecule has 2 aromatic heterocycles. The number of nitrogens with zero attached hydrogens (tertiary/aromatic N) is 2. The Morgan fingerprint density at radius 2 is 1.85 bits per heavy atom. The summed E-state index contributed by atoms with van der Waals surface area (Å²) in [7, 11) is -1.44. The molecule has 3 heterocycles. The van der Waals surface area contributed by atoms with Crippen molar-refractivity contribution in [1.29, 1.82) is 0 Å². The lowest BCUT2D eigenvalue weighted by molar-refractivity contribution is 0.0719. The predicted octanol–water partition coefficient (Wildman–Crippen LogP) is 4.11. The monoisotopic (exact) mass is 486 g/mol. The van der Waals surface area contributed by atoms with Crippen LogP contribution in [0.25, 0.3) is 10.9 Å². The summed E-state index contributed by atoms with van der Waals surface area (Å²) in [5, 5.41) is 7.14. The first-order valence-electron chi connectivity index (χ1n) is 11.5. The van der Waals surface area contributed by atoms with Crippen molar-refractivity contribution in [2.24, 2.45) is 0 Å². The van der Waals surface area contributed by atoms with E-state index < -0.39 is 10.0 Å². The van der Waals surface area contributed by atoms with E-state index in [2.05, 4.69) is 39.2 Å². The van der Waals surface area contributed by atoms with Crippen LogP contribution in [-0.2, 0) is 10.0 Å². The lowest BCUT2D eigenvalue weighted by atomic mass is 10.1. The molecule has 3 aromatic rings. The Kier molecular flexibility index (Phi) is 8.38. The van der Waals surface area contributed by atoms with Crippen molar-refractivity contribution < 1.29 is 13.2 Å². The zero-order chi connectivity index (χ0) is 24.7. The highest BCUT2D eigenvalue weighted by molar-refractivity contribution is 7.92. The van der Waals surface area contributed by atoms with Crippen LogP contribution in [0.3, 0.4) is 0 Å². The van der Waals surface area contributed by atoms with Crippen LogP contribution in [-0.4, -0.2) is 61.6 Å². The number of nitrogens with one attached hydrogen (secondary N) is 4. The van der Waals surface area contributed by atoms with E-state index in [1.54, 1.807) is 30.5 Å². The highest BCUT2D eigenvalue weighted by Gasteiger charge is 2.19. The number of aromatic nitrogens is 2. The first kappa shape index (κ1) is 25.4. The zero-order valence-corrected chi connectivity index (χ0v) is 21.0. The Balaban J connectivity index is 0.000000229. The summed E-state index contributed by atoms with van der Waals surface area (Å²) >= 11 is 0. The van der Waals surface area contributed by atoms with E-state index in [9.17, 15) is 13.2 Å². The number of fused-ring (bicyclic) bond motifs is 1. The minimum atomic E-state index is -3.31. The Bertz CT molecular complexity index is 1220. The molecule has 9 nitrogen and oxygen atoms in total. The molecule has 10 heteroatoms. The lowest BCUT2D eigenvalue weighted by Gasteiger charge is -2.26. The van der Waals surface area contributed by atoms with E-state index in [0.29, 0.717) is 17.4 Å². The fourth-order valence-corrected chi connectivity index (χ4v) is 4.38. The third kappa shape index (κ3) is 7.11. The summed E-state index contributed by atoms with van der Waals surface area (Å²) in [6.45, 7) is 5.81. The number of carbonyl (C=O) groups excluding carboxylic acids is 1. The van der Waals surface area contributed by atoms with Crippen LogP contribution in [0.15, 0.2) is 42.6 Å². The van der Waals surface area contributed by atoms with Crippen molar-refractivity contribution in [2.75, 3.05) is 41.7 Å². The van der Waals surface area contributed by atoms with Crippen LogP contribution in [0.1, 0.15) is 43.6 Å². The lowest BCUT2D eigenvalue weighted by Crippen LogP contribution is -2.35. The normalized spacial score (nSPS) is 13.9. The summed E-state index contributed by atoms with van der Waals surface area (Å²) in [6.07, 6.45) is 6.16. The molecule has 4 N–H and O–H groups in total. The predicted molar refractivity (Wildman–Crippen MR) is 139 cm³/mol. The van der Waals surface area contributed by atoms with E-state index in [4.69, 9.17) is 0 Å². The Morgan fingerprint density at radius 1 is 1.12 bits per heavy atom. The van der Waals surface area contributed by atoms with Gasteiger partial charge in [-0.15, -0.1) is 0 Å². The van der Waals surface area contributed by atoms with Crippen molar-refractivity contribution in [3.8, 4) is 0 Å². The minimum absolute atomic E-state index is 0.00789. The minimum Gasteiger partial charge on any atom is -0.380 e. The van der Waals surface area contributed by atoms with Gasteiger partial charge in [-0.25, -0.2) is 13.4 Å². The molecule has 184 valence electrons. The van der Waals surface area contributed by atoms with E-state index in [1.807, 2.05) is 24.1 Å². The van der Waals surface area contributed by atoms with Crippen LogP contribution in [0.4, 0.5) is 17.2 Å². The smallest absolute Gasteiger partial charge is 0.270 e. The number of likely N-dealkylation sites (tertiary alicyclic amines) is 1. The molecule has 0 bridgehead atoms. The molecule has 1 fully saturated rings. The molecule has 0 atom stereocenters. The number of anilines is 3. The number of piperidine rings is 1. The van der Waals surface area contributed by atoms with Gasteiger partial charge in [-0.1, -0.05) is 0 Å². The van der Waals surface area contributed by atoms with Crippen LogP contribution in [0, 0.1) is 0 Å². The number of aromatic amines is 1. The van der Waals surface area contributed by atoms with Gasteiger partial charge in [0, 0.05) is 49.0 Å². The quantitative estimate of drug-likeness (QED) is 0.416. The van der Waals surface area contributed by atoms with Crippen molar-refractivity contribution in [3.63, 3.8) is 0 Å². The summed E-state index contributed by atoms with van der Waals surface area (Å²) < 4.78 is 25.0. The Morgan fingerprint density at radius 3 is 2.50 bits per heavy atom. The van der Waals surface area contributed by atoms with Crippen LogP contribution in [0.5, 0.6) is 0 Å². The number of amides is 1. The van der Waals surface area contributed by atoms with Crippen molar-refractivity contribution in [2.45, 2.75) is 39.2 Å². The molecule has 1 aliphatic heterocycles. The summed E-state index contributed by atoms with van der Waals surface area (Å²) in [4.78, 5) is 21.6. The largest absolute Gasteiger partial charge is 0.380 e. The molecule has 34 heavy (non-hydrogen) atoms. The Labute approximate surface area is 201 Å². The highest BCUT2D eigenvalue weighted by Crippen LogP contribution is 2.22. The van der Waals surface area contributed by atoms with Gasteiger partial charge in [0.05, 0.1) is 11.9 Å². The van der Waals surface area contributed by atoms with Gasteiger partial charge in [0.1, 0.15) is 11.5 Å². The van der Waals surface area contributed by atoms with Gasteiger partial charge in [-0.2, -0.15) is 0 Å². The second-order valence-corrected chi connectivity index (χ2v) is 10.4. The summed E-state index contributed by atoms with van der Waals surface area (Å²) in [5.74, 6) is 0.903. The average molecular weight is 487 g/mol. The van der Waals surface area contributed by atoms with Crippen LogP contribution >= 0.6 is 0 Å². The maximum atomic E-state index is 12.5. The van der Waals surface area contributed by atoms with E-state index in [0.717, 1.165) is 54.6 Å². The molecule has 0 spiro atoms. The molecule has 4 rings (SSSR count). The highest BCUT2D eigenvalue weighted by atomic mass is 32.2. The van der Waals surface area contributed by atoms with E-state index >= 15 is 0 Å². The summed E-state index contributed by atoms with van der Waals surface area (Å²) in [5.41, 5.74) is 2.91. The second kappa shape index (κ2) is 11.2. The number of sulfonamides is 1. The maximum absolute atomic E-state index is 12.5. The zero-order valence-electron chi connectivity index (χ0n) is 20.2. The van der Waals surface area contributed by atoms with Crippen molar-refractivity contribution in [1.82, 2.24) is 14.9 Å². The number of rotatable bonds is 6.